The van der Waals surface area contributed by atoms with E-state index in [4.69, 9.17) is 0 Å². The highest BCUT2D eigenvalue weighted by molar-refractivity contribution is 5.65. The molecular weight excluding hydrogens is 442 g/mol. The zero-order chi connectivity index (χ0) is 23.5. The van der Waals surface area contributed by atoms with Crippen molar-refractivity contribution >= 4 is 5.78 Å². The fourth-order valence-electron chi connectivity index (χ4n) is 3.19. The second kappa shape index (κ2) is 7.05. The summed E-state index contributed by atoms with van der Waals surface area (Å²) in [5.41, 5.74) is -3.92. The van der Waals surface area contributed by atoms with Gasteiger partial charge in [0.25, 0.3) is 5.56 Å². The summed E-state index contributed by atoms with van der Waals surface area (Å²) in [5, 5.41) is 3.27. The van der Waals surface area contributed by atoms with Crippen molar-refractivity contribution in [1.29, 1.82) is 0 Å². The molecule has 31 heavy (non-hydrogen) atoms. The number of alkyl halides is 8. The van der Waals surface area contributed by atoms with Crippen molar-refractivity contribution in [2.75, 3.05) is 0 Å². The standard InChI is InChI=1S/C17H15F8N5O/c1-8(2)30-9(3)5-29-13(31)11(12(16(20,21)22)27-14(29)30)10-4-26-28(6-10)7-15(18,19)17(23,24)25/h4-6,8H,7H2,1-3H3. The van der Waals surface area contributed by atoms with Crippen LogP contribution in [0.15, 0.2) is 23.4 Å². The first kappa shape index (κ1) is 22.7. The van der Waals surface area contributed by atoms with E-state index in [0.29, 0.717) is 18.1 Å². The third kappa shape index (κ3) is 3.90. The minimum Gasteiger partial charge on any atom is -0.312 e. The number of imidazole rings is 1. The predicted octanol–water partition coefficient (Wildman–Crippen LogP) is 4.47. The zero-order valence-electron chi connectivity index (χ0n) is 16.2. The maximum atomic E-state index is 13.7. The SMILES string of the molecule is Cc1cn2c(=O)c(-c3cnn(CC(F)(F)C(F)(F)F)c3)c(C(F)(F)F)nc2n1C(C)C. The van der Waals surface area contributed by atoms with Gasteiger partial charge in [0.1, 0.15) is 6.54 Å². The highest BCUT2D eigenvalue weighted by Crippen LogP contribution is 2.38. The lowest BCUT2D eigenvalue weighted by Gasteiger charge is -2.19. The number of aryl methyl sites for hydroxylation is 1. The number of rotatable bonds is 4. The molecule has 3 heterocycles. The smallest absolute Gasteiger partial charge is 0.312 e. The molecule has 0 fully saturated rings. The summed E-state index contributed by atoms with van der Waals surface area (Å²) in [7, 11) is 0. The quantitative estimate of drug-likeness (QED) is 0.544. The molecule has 0 radical (unpaired) electrons. The lowest BCUT2D eigenvalue weighted by Crippen LogP contribution is -2.40. The maximum Gasteiger partial charge on any atom is 0.455 e. The molecular formula is C17H15F8N5O. The Balaban J connectivity index is 2.23. The van der Waals surface area contributed by atoms with Gasteiger partial charge < -0.3 is 4.57 Å². The van der Waals surface area contributed by atoms with Crippen LogP contribution >= 0.6 is 0 Å². The van der Waals surface area contributed by atoms with Gasteiger partial charge in [-0.2, -0.15) is 40.2 Å². The van der Waals surface area contributed by atoms with Crippen molar-refractivity contribution in [3.8, 4) is 11.1 Å². The number of hydrogen-bond acceptors (Lipinski definition) is 3. The van der Waals surface area contributed by atoms with Crippen molar-refractivity contribution < 1.29 is 35.1 Å². The first-order chi connectivity index (χ1) is 14.0. The van der Waals surface area contributed by atoms with Crippen LogP contribution in [0.3, 0.4) is 0 Å². The maximum absolute atomic E-state index is 13.7. The largest absolute Gasteiger partial charge is 0.455 e. The Morgan fingerprint density at radius 1 is 1.03 bits per heavy atom. The van der Waals surface area contributed by atoms with E-state index in [0.717, 1.165) is 4.40 Å². The van der Waals surface area contributed by atoms with Crippen LogP contribution < -0.4 is 5.56 Å². The van der Waals surface area contributed by atoms with Crippen molar-refractivity contribution in [3.63, 3.8) is 0 Å². The van der Waals surface area contributed by atoms with Crippen molar-refractivity contribution in [3.05, 3.63) is 40.3 Å². The molecule has 0 spiro atoms. The summed E-state index contributed by atoms with van der Waals surface area (Å²) in [4.78, 5) is 16.5. The second-order valence-corrected chi connectivity index (χ2v) is 7.17. The Hall–Kier alpha value is -2.93. The van der Waals surface area contributed by atoms with Crippen molar-refractivity contribution in [2.24, 2.45) is 0 Å². The van der Waals surface area contributed by atoms with Crippen molar-refractivity contribution in [2.45, 2.75) is 51.6 Å². The van der Waals surface area contributed by atoms with Gasteiger partial charge >= 0.3 is 18.3 Å². The fourth-order valence-corrected chi connectivity index (χ4v) is 3.19. The first-order valence-electron chi connectivity index (χ1n) is 8.73. The van der Waals surface area contributed by atoms with E-state index in [2.05, 4.69) is 10.1 Å². The van der Waals surface area contributed by atoms with Crippen LogP contribution in [0.25, 0.3) is 16.9 Å². The first-order valence-corrected chi connectivity index (χ1v) is 8.73. The van der Waals surface area contributed by atoms with Crippen molar-refractivity contribution in [1.82, 2.24) is 23.7 Å². The van der Waals surface area contributed by atoms with Gasteiger partial charge in [-0.3, -0.25) is 13.9 Å². The molecule has 170 valence electrons. The lowest BCUT2D eigenvalue weighted by atomic mass is 10.1. The Morgan fingerprint density at radius 3 is 2.16 bits per heavy atom. The second-order valence-electron chi connectivity index (χ2n) is 7.17. The van der Waals surface area contributed by atoms with E-state index >= 15 is 0 Å². The number of aromatic nitrogens is 5. The molecule has 0 aliphatic heterocycles. The average molecular weight is 457 g/mol. The number of halogens is 8. The van der Waals surface area contributed by atoms with Gasteiger partial charge in [-0.25, -0.2) is 4.98 Å². The molecule has 0 unspecified atom stereocenters. The van der Waals surface area contributed by atoms with E-state index in [9.17, 15) is 39.9 Å². The molecule has 0 aliphatic carbocycles. The summed E-state index contributed by atoms with van der Waals surface area (Å²) in [6, 6.07) is -0.337. The summed E-state index contributed by atoms with van der Waals surface area (Å²) >= 11 is 0. The summed E-state index contributed by atoms with van der Waals surface area (Å²) in [6.45, 7) is 2.94. The van der Waals surface area contributed by atoms with Crippen LogP contribution in [0.5, 0.6) is 0 Å². The van der Waals surface area contributed by atoms with Gasteiger partial charge in [-0.15, -0.1) is 0 Å². The van der Waals surface area contributed by atoms with E-state index in [1.807, 2.05) is 0 Å². The highest BCUT2D eigenvalue weighted by atomic mass is 19.4. The average Bonchev–Trinajstić information content (AvgIpc) is 3.16. The van der Waals surface area contributed by atoms with Gasteiger partial charge in [0.05, 0.1) is 11.8 Å². The normalized spacial score (nSPS) is 13.5. The molecule has 14 heteroatoms. The molecule has 3 rings (SSSR count). The molecule has 0 aliphatic rings. The van der Waals surface area contributed by atoms with Crippen LogP contribution in [0.4, 0.5) is 35.1 Å². The number of nitrogens with zero attached hydrogens (tertiary/aromatic N) is 5. The van der Waals surface area contributed by atoms with E-state index in [1.165, 1.54) is 10.8 Å². The molecule has 3 aromatic rings. The van der Waals surface area contributed by atoms with E-state index in [-0.39, 0.29) is 16.5 Å². The van der Waals surface area contributed by atoms with Gasteiger partial charge in [0.15, 0.2) is 5.69 Å². The summed E-state index contributed by atoms with van der Waals surface area (Å²) < 4.78 is 107. The van der Waals surface area contributed by atoms with Gasteiger partial charge in [-0.1, -0.05) is 0 Å². The molecule has 0 aromatic carbocycles. The van der Waals surface area contributed by atoms with Gasteiger partial charge in [-0.05, 0) is 20.8 Å². The molecule has 0 N–H and O–H groups in total. The minimum atomic E-state index is -5.88. The number of hydrogen-bond donors (Lipinski definition) is 0. The van der Waals surface area contributed by atoms with E-state index < -0.39 is 47.2 Å². The van der Waals surface area contributed by atoms with Gasteiger partial charge in [0.2, 0.25) is 5.78 Å². The van der Waals surface area contributed by atoms with Crippen LogP contribution in [0, 0.1) is 6.92 Å². The Kier molecular flexibility index (Phi) is 5.18. The van der Waals surface area contributed by atoms with Crippen LogP contribution in [0.1, 0.15) is 31.3 Å². The van der Waals surface area contributed by atoms with Crippen LogP contribution in [0.2, 0.25) is 0 Å². The Bertz CT molecular complexity index is 1180. The Morgan fingerprint density at radius 2 is 1.65 bits per heavy atom. The molecule has 0 saturated carbocycles. The highest BCUT2D eigenvalue weighted by Gasteiger charge is 2.57. The molecule has 0 bridgehead atoms. The summed E-state index contributed by atoms with van der Waals surface area (Å²) in [5.74, 6) is -5.46. The molecule has 0 saturated heterocycles. The van der Waals surface area contributed by atoms with E-state index in [1.54, 1.807) is 20.8 Å². The van der Waals surface area contributed by atoms with Gasteiger partial charge in [0, 0.05) is 29.7 Å². The minimum absolute atomic E-state index is 0.127. The zero-order valence-corrected chi connectivity index (χ0v) is 16.2. The summed E-state index contributed by atoms with van der Waals surface area (Å²) in [6.07, 6.45) is -8.60. The molecule has 6 nitrogen and oxygen atoms in total. The predicted molar refractivity (Wildman–Crippen MR) is 91.8 cm³/mol. The van der Waals surface area contributed by atoms with Crippen LogP contribution in [-0.4, -0.2) is 35.8 Å². The molecule has 0 atom stereocenters. The Labute approximate surface area is 168 Å². The lowest BCUT2D eigenvalue weighted by molar-refractivity contribution is -0.287. The third-order valence-corrected chi connectivity index (χ3v) is 4.49. The van der Waals surface area contributed by atoms with Crippen LogP contribution in [-0.2, 0) is 12.7 Å². The topological polar surface area (TPSA) is 57.1 Å². The monoisotopic (exact) mass is 457 g/mol. The molecule has 3 aromatic heterocycles. The number of fused-ring (bicyclic) bond motifs is 1. The fraction of sp³-hybridized carbons (Fsp3) is 0.471. The third-order valence-electron chi connectivity index (χ3n) is 4.49. The molecule has 0 amide bonds.